The van der Waals surface area contributed by atoms with Crippen molar-refractivity contribution in [2.45, 2.75) is 0 Å². The lowest BCUT2D eigenvalue weighted by atomic mass is 10.2. The van der Waals surface area contributed by atoms with Gasteiger partial charge in [-0.2, -0.15) is 0 Å². The van der Waals surface area contributed by atoms with Gasteiger partial charge in [-0.15, -0.1) is 0 Å². The summed E-state index contributed by atoms with van der Waals surface area (Å²) in [6.07, 6.45) is 2.59. The fourth-order valence-electron chi connectivity index (χ4n) is 1.47. The molecule has 6 heteroatoms. The van der Waals surface area contributed by atoms with Gasteiger partial charge < -0.3 is 13.9 Å². The summed E-state index contributed by atoms with van der Waals surface area (Å²) < 4.78 is 14.4. The first-order valence-corrected chi connectivity index (χ1v) is 5.39. The minimum absolute atomic E-state index is 0.252. The molecular weight excluding hydrogens is 250 g/mol. The van der Waals surface area contributed by atoms with Crippen LogP contribution in [-0.2, 0) is 14.3 Å². The molecule has 98 valence electrons. The first-order chi connectivity index (χ1) is 9.13. The van der Waals surface area contributed by atoms with Gasteiger partial charge in [-0.25, -0.2) is 14.6 Å². The van der Waals surface area contributed by atoms with E-state index in [0.717, 1.165) is 0 Å². The molecule has 0 aliphatic heterocycles. The minimum atomic E-state index is -0.502. The number of aromatic nitrogens is 1. The van der Waals surface area contributed by atoms with Crippen LogP contribution >= 0.6 is 0 Å². The van der Waals surface area contributed by atoms with Crippen molar-refractivity contribution in [2.75, 3.05) is 14.2 Å². The third kappa shape index (κ3) is 2.79. The molecule has 0 saturated heterocycles. The number of oxazole rings is 1. The molecule has 0 fully saturated rings. The largest absolute Gasteiger partial charge is 0.466 e. The Bertz CT molecular complexity index is 656. The summed E-state index contributed by atoms with van der Waals surface area (Å²) in [5.74, 6) is -0.704. The van der Waals surface area contributed by atoms with Gasteiger partial charge in [0.15, 0.2) is 5.58 Å². The predicted octanol–water partition coefficient (Wildman–Crippen LogP) is 1.80. The van der Waals surface area contributed by atoms with Gasteiger partial charge in [0.05, 0.1) is 19.8 Å². The Morgan fingerprint density at radius 1 is 1.26 bits per heavy atom. The Hall–Kier alpha value is -2.63. The SMILES string of the molecule is COC(=O)/C=C/c1nc2ccc(C(=O)OC)cc2o1. The Morgan fingerprint density at radius 3 is 2.74 bits per heavy atom. The van der Waals surface area contributed by atoms with Gasteiger partial charge in [-0.1, -0.05) is 0 Å². The Balaban J connectivity index is 2.33. The fraction of sp³-hybridized carbons (Fsp3) is 0.154. The lowest BCUT2D eigenvalue weighted by Gasteiger charge is -1.96. The van der Waals surface area contributed by atoms with Crippen molar-refractivity contribution in [1.29, 1.82) is 0 Å². The molecule has 0 unspecified atom stereocenters. The smallest absolute Gasteiger partial charge is 0.337 e. The zero-order chi connectivity index (χ0) is 13.8. The van der Waals surface area contributed by atoms with Crippen LogP contribution in [-0.4, -0.2) is 31.1 Å². The second kappa shape index (κ2) is 5.34. The molecule has 0 N–H and O–H groups in total. The van der Waals surface area contributed by atoms with Gasteiger partial charge in [0.25, 0.3) is 0 Å². The molecule has 0 atom stereocenters. The van der Waals surface area contributed by atoms with E-state index in [1.807, 2.05) is 0 Å². The van der Waals surface area contributed by atoms with Gasteiger partial charge in [-0.05, 0) is 18.2 Å². The number of carbonyl (C=O) groups excluding carboxylic acids is 2. The van der Waals surface area contributed by atoms with Crippen LogP contribution in [0.4, 0.5) is 0 Å². The van der Waals surface area contributed by atoms with E-state index in [2.05, 4.69) is 14.5 Å². The number of ether oxygens (including phenoxy) is 2. The quantitative estimate of drug-likeness (QED) is 0.619. The number of hydrogen-bond donors (Lipinski definition) is 0. The van der Waals surface area contributed by atoms with Crippen LogP contribution < -0.4 is 0 Å². The molecule has 1 aromatic carbocycles. The molecule has 6 nitrogen and oxygen atoms in total. The summed E-state index contributed by atoms with van der Waals surface area (Å²) in [6.45, 7) is 0. The summed E-state index contributed by atoms with van der Waals surface area (Å²) in [5.41, 5.74) is 1.39. The van der Waals surface area contributed by atoms with Crippen molar-refractivity contribution in [3.63, 3.8) is 0 Å². The molecule has 1 heterocycles. The number of nitrogens with zero attached hydrogens (tertiary/aromatic N) is 1. The van der Waals surface area contributed by atoms with Gasteiger partial charge in [0.2, 0.25) is 5.89 Å². The number of benzene rings is 1. The van der Waals surface area contributed by atoms with Crippen LogP contribution in [0.15, 0.2) is 28.7 Å². The third-order valence-corrected chi connectivity index (χ3v) is 2.39. The maximum Gasteiger partial charge on any atom is 0.337 e. The molecule has 2 aromatic rings. The molecule has 0 aliphatic carbocycles. The highest BCUT2D eigenvalue weighted by atomic mass is 16.5. The molecular formula is C13H11NO5. The van der Waals surface area contributed by atoms with Crippen LogP contribution in [0, 0.1) is 0 Å². The number of methoxy groups -OCH3 is 2. The van der Waals surface area contributed by atoms with Gasteiger partial charge in [0, 0.05) is 12.2 Å². The zero-order valence-corrected chi connectivity index (χ0v) is 10.4. The van der Waals surface area contributed by atoms with Crippen LogP contribution in [0.3, 0.4) is 0 Å². The summed E-state index contributed by atoms with van der Waals surface area (Å²) in [7, 11) is 2.58. The molecule has 19 heavy (non-hydrogen) atoms. The summed E-state index contributed by atoms with van der Waals surface area (Å²) in [6, 6.07) is 4.76. The van der Waals surface area contributed by atoms with Gasteiger partial charge in [0.1, 0.15) is 5.52 Å². The number of carbonyl (C=O) groups is 2. The van der Waals surface area contributed by atoms with E-state index in [1.54, 1.807) is 12.1 Å². The minimum Gasteiger partial charge on any atom is -0.466 e. The Kier molecular flexibility index (Phi) is 3.61. The van der Waals surface area contributed by atoms with Crippen LogP contribution in [0.25, 0.3) is 17.2 Å². The van der Waals surface area contributed by atoms with E-state index in [1.165, 1.54) is 32.4 Å². The van der Waals surface area contributed by atoms with Crippen LogP contribution in [0.5, 0.6) is 0 Å². The van der Waals surface area contributed by atoms with E-state index in [-0.39, 0.29) is 5.89 Å². The number of esters is 2. The van der Waals surface area contributed by atoms with Crippen molar-refractivity contribution in [2.24, 2.45) is 0 Å². The second-order valence-electron chi connectivity index (χ2n) is 3.58. The predicted molar refractivity (Wildman–Crippen MR) is 66.4 cm³/mol. The van der Waals surface area contributed by atoms with Crippen molar-refractivity contribution < 1.29 is 23.5 Å². The molecule has 0 aliphatic rings. The number of hydrogen-bond acceptors (Lipinski definition) is 6. The van der Waals surface area contributed by atoms with Crippen LogP contribution in [0.1, 0.15) is 16.2 Å². The highest BCUT2D eigenvalue weighted by Crippen LogP contribution is 2.18. The Labute approximate surface area is 108 Å². The monoisotopic (exact) mass is 261 g/mol. The Morgan fingerprint density at radius 2 is 2.05 bits per heavy atom. The lowest BCUT2D eigenvalue weighted by molar-refractivity contribution is -0.134. The maximum atomic E-state index is 11.4. The van der Waals surface area contributed by atoms with E-state index < -0.39 is 11.9 Å². The molecule has 0 amide bonds. The van der Waals surface area contributed by atoms with Crippen molar-refractivity contribution in [3.8, 4) is 0 Å². The molecule has 1 aromatic heterocycles. The zero-order valence-electron chi connectivity index (χ0n) is 10.4. The van der Waals surface area contributed by atoms with E-state index >= 15 is 0 Å². The van der Waals surface area contributed by atoms with E-state index in [0.29, 0.717) is 16.7 Å². The van der Waals surface area contributed by atoms with Crippen molar-refractivity contribution >= 4 is 29.1 Å². The summed E-state index contributed by atoms with van der Waals surface area (Å²) in [4.78, 5) is 26.4. The average Bonchev–Trinajstić information content (AvgIpc) is 2.85. The van der Waals surface area contributed by atoms with Gasteiger partial charge >= 0.3 is 11.9 Å². The highest BCUT2D eigenvalue weighted by molar-refractivity contribution is 5.93. The fourth-order valence-corrected chi connectivity index (χ4v) is 1.47. The lowest BCUT2D eigenvalue weighted by Crippen LogP contribution is -2.00. The molecule has 0 spiro atoms. The second-order valence-corrected chi connectivity index (χ2v) is 3.58. The highest BCUT2D eigenvalue weighted by Gasteiger charge is 2.09. The molecule has 0 saturated carbocycles. The van der Waals surface area contributed by atoms with E-state index in [4.69, 9.17) is 4.42 Å². The standard InChI is InChI=1S/C13H11NO5/c1-17-12(15)6-5-11-14-9-4-3-8(13(16)18-2)7-10(9)19-11/h3-7H,1-2H3/b6-5+. The maximum absolute atomic E-state index is 11.4. The first-order valence-electron chi connectivity index (χ1n) is 5.39. The van der Waals surface area contributed by atoms with E-state index in [9.17, 15) is 9.59 Å². The number of fused-ring (bicyclic) bond motifs is 1. The van der Waals surface area contributed by atoms with Crippen molar-refractivity contribution in [3.05, 3.63) is 35.7 Å². The average molecular weight is 261 g/mol. The summed E-state index contributed by atoms with van der Waals surface area (Å²) >= 11 is 0. The third-order valence-electron chi connectivity index (χ3n) is 2.39. The number of rotatable bonds is 3. The molecule has 2 rings (SSSR count). The molecule has 0 radical (unpaired) electrons. The normalized spacial score (nSPS) is 10.8. The summed E-state index contributed by atoms with van der Waals surface area (Å²) in [5, 5.41) is 0. The molecule has 0 bridgehead atoms. The van der Waals surface area contributed by atoms with Crippen LogP contribution in [0.2, 0.25) is 0 Å². The topological polar surface area (TPSA) is 78.6 Å². The van der Waals surface area contributed by atoms with Gasteiger partial charge in [-0.3, -0.25) is 0 Å². The van der Waals surface area contributed by atoms with Crippen molar-refractivity contribution in [1.82, 2.24) is 4.98 Å². The first kappa shape index (κ1) is 12.8.